The molecular weight excluding hydrogens is 519 g/mol. The number of benzene rings is 3. The van der Waals surface area contributed by atoms with E-state index in [1.165, 1.54) is 0 Å². The number of nitrogens with zero attached hydrogens (tertiary/aromatic N) is 1. The Morgan fingerprint density at radius 2 is 1.69 bits per heavy atom. The molecule has 0 aliphatic rings. The predicted molar refractivity (Wildman–Crippen MR) is 136 cm³/mol. The summed E-state index contributed by atoms with van der Waals surface area (Å²) in [4.78, 5) is 16.8. The molecule has 0 saturated carbocycles. The third kappa shape index (κ3) is 6.98. The van der Waals surface area contributed by atoms with Crippen molar-refractivity contribution in [3.8, 4) is 17.2 Å². The summed E-state index contributed by atoms with van der Waals surface area (Å²) in [6.07, 6.45) is 1.77. The zero-order chi connectivity index (χ0) is 22.8. The summed E-state index contributed by atoms with van der Waals surface area (Å²) < 4.78 is 17.9. The van der Waals surface area contributed by atoms with Crippen molar-refractivity contribution in [3.63, 3.8) is 0 Å². The van der Waals surface area contributed by atoms with Crippen molar-refractivity contribution < 1.29 is 19.0 Å². The molecule has 3 rings (SSSR count). The van der Waals surface area contributed by atoms with Crippen LogP contribution < -0.4 is 19.5 Å². The van der Waals surface area contributed by atoms with Crippen LogP contribution in [-0.2, 0) is 4.79 Å². The molecule has 0 radical (unpaired) electrons. The number of ether oxygens (including phenoxy) is 3. The van der Waals surface area contributed by atoms with E-state index >= 15 is 0 Å². The monoisotopic (exact) mass is 544 g/mol. The largest absolute Gasteiger partial charge is 0.494 e. The molecule has 0 aliphatic carbocycles. The highest BCUT2D eigenvalue weighted by Crippen LogP contribution is 2.34. The van der Waals surface area contributed by atoms with Crippen molar-refractivity contribution in [1.29, 1.82) is 0 Å². The van der Waals surface area contributed by atoms with Gasteiger partial charge in [-0.05, 0) is 90.5 Å². The maximum Gasteiger partial charge on any atom is 0.262 e. The second-order valence-electron chi connectivity index (χ2n) is 6.65. The fourth-order valence-corrected chi connectivity index (χ4v) is 3.65. The van der Waals surface area contributed by atoms with Crippen LogP contribution >= 0.6 is 22.6 Å². The fourth-order valence-electron chi connectivity index (χ4n) is 2.87. The molecule has 0 saturated heterocycles. The fraction of sp³-hybridized carbons (Fsp3) is 0.200. The van der Waals surface area contributed by atoms with Crippen molar-refractivity contribution in [2.24, 2.45) is 4.99 Å². The van der Waals surface area contributed by atoms with E-state index in [1.54, 1.807) is 6.21 Å². The lowest BCUT2D eigenvalue weighted by Crippen LogP contribution is -2.20. The quantitative estimate of drug-likeness (QED) is 0.257. The molecule has 1 amide bonds. The van der Waals surface area contributed by atoms with Crippen LogP contribution in [0.5, 0.6) is 17.2 Å². The minimum Gasteiger partial charge on any atom is -0.494 e. The zero-order valence-corrected chi connectivity index (χ0v) is 20.2. The van der Waals surface area contributed by atoms with Gasteiger partial charge in [0.2, 0.25) is 0 Å². The van der Waals surface area contributed by atoms with E-state index < -0.39 is 0 Å². The first-order chi connectivity index (χ1) is 15.6. The molecule has 166 valence electrons. The second-order valence-corrected chi connectivity index (χ2v) is 7.81. The van der Waals surface area contributed by atoms with Crippen molar-refractivity contribution in [2.45, 2.75) is 13.8 Å². The Balaban J connectivity index is 1.70. The Hall–Kier alpha value is -3.07. The topological polar surface area (TPSA) is 69.2 Å². The highest BCUT2D eigenvalue weighted by Gasteiger charge is 2.14. The van der Waals surface area contributed by atoms with Gasteiger partial charge in [0.1, 0.15) is 5.75 Å². The first kappa shape index (κ1) is 23.6. The Labute approximate surface area is 201 Å². The normalized spacial score (nSPS) is 10.7. The van der Waals surface area contributed by atoms with Crippen molar-refractivity contribution in [2.75, 3.05) is 25.1 Å². The van der Waals surface area contributed by atoms with Crippen molar-refractivity contribution in [3.05, 3.63) is 75.9 Å². The summed E-state index contributed by atoms with van der Waals surface area (Å²) in [5, 5.41) is 2.81. The van der Waals surface area contributed by atoms with E-state index in [1.807, 2.05) is 80.6 Å². The highest BCUT2D eigenvalue weighted by atomic mass is 127. The molecule has 7 heteroatoms. The van der Waals surface area contributed by atoms with E-state index in [0.29, 0.717) is 24.7 Å². The van der Waals surface area contributed by atoms with Gasteiger partial charge in [-0.25, -0.2) is 0 Å². The van der Waals surface area contributed by atoms with Gasteiger partial charge >= 0.3 is 0 Å². The van der Waals surface area contributed by atoms with E-state index in [2.05, 4.69) is 32.9 Å². The summed E-state index contributed by atoms with van der Waals surface area (Å²) in [5.74, 6) is 1.68. The summed E-state index contributed by atoms with van der Waals surface area (Å²) in [6.45, 7) is 4.84. The molecule has 0 fully saturated rings. The minimum absolute atomic E-state index is 0.120. The molecule has 3 aromatic rings. The third-order valence-electron chi connectivity index (χ3n) is 4.25. The summed E-state index contributed by atoms with van der Waals surface area (Å²) >= 11 is 2.17. The van der Waals surface area contributed by atoms with Gasteiger partial charge in [-0.2, -0.15) is 0 Å². The lowest BCUT2D eigenvalue weighted by molar-refractivity contribution is -0.118. The number of anilines is 1. The summed E-state index contributed by atoms with van der Waals surface area (Å²) in [5.41, 5.74) is 2.41. The van der Waals surface area contributed by atoms with E-state index in [-0.39, 0.29) is 12.5 Å². The molecule has 0 aromatic heterocycles. The Morgan fingerprint density at radius 3 is 2.38 bits per heavy atom. The maximum atomic E-state index is 12.2. The van der Waals surface area contributed by atoms with Gasteiger partial charge in [0.15, 0.2) is 18.1 Å². The van der Waals surface area contributed by atoms with Gasteiger partial charge < -0.3 is 19.5 Å². The zero-order valence-electron chi connectivity index (χ0n) is 18.0. The van der Waals surface area contributed by atoms with Crippen LogP contribution in [0.3, 0.4) is 0 Å². The van der Waals surface area contributed by atoms with Crippen LogP contribution in [-0.4, -0.2) is 31.9 Å². The van der Waals surface area contributed by atoms with Crippen LogP contribution in [0.1, 0.15) is 19.4 Å². The van der Waals surface area contributed by atoms with Gasteiger partial charge in [-0.15, -0.1) is 0 Å². The maximum absolute atomic E-state index is 12.2. The van der Waals surface area contributed by atoms with Gasteiger partial charge in [-0.1, -0.05) is 18.2 Å². The summed E-state index contributed by atoms with van der Waals surface area (Å²) in [7, 11) is 0. The number of nitrogens with one attached hydrogen (secondary N) is 1. The molecule has 0 spiro atoms. The molecule has 32 heavy (non-hydrogen) atoms. The van der Waals surface area contributed by atoms with Gasteiger partial charge in [0.25, 0.3) is 5.91 Å². The number of para-hydroxylation sites is 1. The molecule has 0 atom stereocenters. The van der Waals surface area contributed by atoms with Gasteiger partial charge in [-0.3, -0.25) is 9.79 Å². The molecule has 1 N–H and O–H groups in total. The van der Waals surface area contributed by atoms with Crippen LogP contribution in [0.15, 0.2) is 71.7 Å². The number of aliphatic imine (C=N–C) groups is 1. The smallest absolute Gasteiger partial charge is 0.262 e. The number of rotatable bonds is 10. The first-order valence-corrected chi connectivity index (χ1v) is 11.4. The number of carbonyl (C=O) groups is 1. The Morgan fingerprint density at radius 1 is 0.969 bits per heavy atom. The molecule has 0 unspecified atom stereocenters. The number of hydrogen-bond acceptors (Lipinski definition) is 5. The van der Waals surface area contributed by atoms with Crippen LogP contribution in [0.25, 0.3) is 0 Å². The third-order valence-corrected chi connectivity index (χ3v) is 5.05. The Bertz CT molecular complexity index is 1050. The van der Waals surface area contributed by atoms with Gasteiger partial charge in [0, 0.05) is 11.9 Å². The van der Waals surface area contributed by atoms with Crippen molar-refractivity contribution in [1.82, 2.24) is 0 Å². The average Bonchev–Trinajstić information content (AvgIpc) is 2.79. The SMILES string of the molecule is CCOc1ccc(N=Cc2cc(I)c(OCC(=O)Nc3ccccc3)c(OCC)c2)cc1. The molecule has 3 aromatic carbocycles. The number of amides is 1. The summed E-state index contributed by atoms with van der Waals surface area (Å²) in [6, 6.07) is 20.6. The lowest BCUT2D eigenvalue weighted by Gasteiger charge is -2.14. The van der Waals surface area contributed by atoms with E-state index in [9.17, 15) is 4.79 Å². The first-order valence-electron chi connectivity index (χ1n) is 10.3. The van der Waals surface area contributed by atoms with Crippen LogP contribution in [0.2, 0.25) is 0 Å². The number of carbonyl (C=O) groups excluding carboxylic acids is 1. The molecular formula is C25H25IN2O4. The van der Waals surface area contributed by atoms with E-state index in [0.717, 1.165) is 26.3 Å². The molecule has 0 heterocycles. The molecule has 0 bridgehead atoms. The van der Waals surface area contributed by atoms with Crippen LogP contribution in [0.4, 0.5) is 11.4 Å². The van der Waals surface area contributed by atoms with E-state index in [4.69, 9.17) is 14.2 Å². The van der Waals surface area contributed by atoms with Crippen molar-refractivity contribution >= 4 is 46.1 Å². The van der Waals surface area contributed by atoms with Gasteiger partial charge in [0.05, 0.1) is 22.5 Å². The highest BCUT2D eigenvalue weighted by molar-refractivity contribution is 14.1. The molecule has 0 aliphatic heterocycles. The molecule has 6 nitrogen and oxygen atoms in total. The minimum atomic E-state index is -0.240. The standard InChI is InChI=1S/C25H25IN2O4/c1-3-30-21-12-10-19(11-13-21)27-16-18-14-22(26)25(23(15-18)31-4-2)32-17-24(29)28-20-8-6-5-7-9-20/h5-16H,3-4,17H2,1-2H3,(H,28,29). The average molecular weight is 544 g/mol. The number of hydrogen-bond donors (Lipinski definition) is 1. The Kier molecular flexibility index (Phi) is 8.91. The number of halogens is 1. The lowest BCUT2D eigenvalue weighted by atomic mass is 10.2. The second kappa shape index (κ2) is 12.1. The predicted octanol–water partition coefficient (Wildman–Crippen LogP) is 5.86. The van der Waals surface area contributed by atoms with Crippen LogP contribution in [0, 0.1) is 3.57 Å².